The second-order valence-electron chi connectivity index (χ2n) is 7.09. The van der Waals surface area contributed by atoms with Crippen LogP contribution >= 0.6 is 11.6 Å². The molecule has 1 aromatic carbocycles. The second-order valence-corrected chi connectivity index (χ2v) is 7.50. The van der Waals surface area contributed by atoms with Crippen molar-refractivity contribution >= 4 is 23.3 Å². The molecule has 0 saturated carbocycles. The zero-order chi connectivity index (χ0) is 17.8. The van der Waals surface area contributed by atoms with Crippen molar-refractivity contribution in [2.24, 2.45) is 5.92 Å². The largest absolute Gasteiger partial charge is 0.322 e. The van der Waals surface area contributed by atoms with E-state index in [1.807, 2.05) is 0 Å². The predicted molar refractivity (Wildman–Crippen MR) is 98.7 cm³/mol. The molecule has 1 atom stereocenters. The number of anilines is 1. The van der Waals surface area contributed by atoms with Crippen LogP contribution in [0.15, 0.2) is 18.2 Å². The average Bonchev–Trinajstić information content (AvgIpc) is 2.59. The summed E-state index contributed by atoms with van der Waals surface area (Å²) in [6.07, 6.45) is 2.56. The van der Waals surface area contributed by atoms with Crippen LogP contribution < -0.4 is 5.32 Å². The van der Waals surface area contributed by atoms with E-state index in [9.17, 15) is 9.18 Å². The van der Waals surface area contributed by atoms with E-state index >= 15 is 0 Å². The standard InChI is InChI=1S/C18H26ClFN4O/c1-22-7-3-4-14(12-22)13-23-8-10-24(11-9-23)18(25)21-16-6-2-5-15(19)17(16)20/h2,5-6,14H,3-4,7-13H2,1H3,(H,21,25). The third-order valence-electron chi connectivity index (χ3n) is 5.09. The maximum absolute atomic E-state index is 13.9. The number of hydrogen-bond acceptors (Lipinski definition) is 3. The Bertz CT molecular complexity index is 607. The van der Waals surface area contributed by atoms with Crippen LogP contribution in [0.2, 0.25) is 5.02 Å². The van der Waals surface area contributed by atoms with E-state index in [0.29, 0.717) is 13.1 Å². The number of urea groups is 1. The Morgan fingerprint density at radius 3 is 2.76 bits per heavy atom. The highest BCUT2D eigenvalue weighted by molar-refractivity contribution is 6.31. The van der Waals surface area contributed by atoms with E-state index in [-0.39, 0.29) is 16.7 Å². The summed E-state index contributed by atoms with van der Waals surface area (Å²) in [5.74, 6) is 0.136. The van der Waals surface area contributed by atoms with Crippen LogP contribution in [0.4, 0.5) is 14.9 Å². The molecule has 2 amide bonds. The summed E-state index contributed by atoms with van der Waals surface area (Å²) in [5, 5.41) is 2.64. The summed E-state index contributed by atoms with van der Waals surface area (Å²) in [6, 6.07) is 4.35. The molecular weight excluding hydrogens is 343 g/mol. The molecule has 1 N–H and O–H groups in total. The van der Waals surface area contributed by atoms with Crippen LogP contribution in [0, 0.1) is 11.7 Å². The number of hydrogen-bond donors (Lipinski definition) is 1. The minimum Gasteiger partial charge on any atom is -0.322 e. The Kier molecular flexibility index (Phi) is 6.15. The van der Waals surface area contributed by atoms with Gasteiger partial charge in [0.25, 0.3) is 0 Å². The topological polar surface area (TPSA) is 38.8 Å². The molecule has 0 bridgehead atoms. The van der Waals surface area contributed by atoms with Gasteiger partial charge in [-0.15, -0.1) is 0 Å². The first kappa shape index (κ1) is 18.4. The first-order valence-electron chi connectivity index (χ1n) is 8.94. The number of nitrogens with zero attached hydrogens (tertiary/aromatic N) is 3. The van der Waals surface area contributed by atoms with Crippen molar-refractivity contribution in [1.82, 2.24) is 14.7 Å². The molecule has 0 radical (unpaired) electrons. The van der Waals surface area contributed by atoms with Gasteiger partial charge in [0.1, 0.15) is 0 Å². The van der Waals surface area contributed by atoms with Crippen LogP contribution in [-0.2, 0) is 0 Å². The minimum atomic E-state index is -0.586. The molecule has 0 spiro atoms. The monoisotopic (exact) mass is 368 g/mol. The van der Waals surface area contributed by atoms with E-state index < -0.39 is 5.82 Å². The Morgan fingerprint density at radius 2 is 2.04 bits per heavy atom. The first-order valence-corrected chi connectivity index (χ1v) is 9.31. The molecule has 7 heteroatoms. The highest BCUT2D eigenvalue weighted by atomic mass is 35.5. The van der Waals surface area contributed by atoms with Crippen molar-refractivity contribution in [3.8, 4) is 0 Å². The van der Waals surface area contributed by atoms with Crippen LogP contribution in [0.3, 0.4) is 0 Å². The van der Waals surface area contributed by atoms with Gasteiger partial charge in [-0.1, -0.05) is 17.7 Å². The lowest BCUT2D eigenvalue weighted by Crippen LogP contribution is -2.51. The smallest absolute Gasteiger partial charge is 0.322 e. The van der Waals surface area contributed by atoms with E-state index in [2.05, 4.69) is 22.2 Å². The van der Waals surface area contributed by atoms with Crippen molar-refractivity contribution < 1.29 is 9.18 Å². The van der Waals surface area contributed by atoms with Crippen LogP contribution in [-0.4, -0.2) is 73.6 Å². The predicted octanol–water partition coefficient (Wildman–Crippen LogP) is 2.97. The molecule has 2 fully saturated rings. The zero-order valence-electron chi connectivity index (χ0n) is 14.7. The third-order valence-corrected chi connectivity index (χ3v) is 5.38. The molecule has 5 nitrogen and oxygen atoms in total. The Labute approximate surface area is 153 Å². The van der Waals surface area contributed by atoms with Gasteiger partial charge < -0.3 is 15.1 Å². The van der Waals surface area contributed by atoms with Gasteiger partial charge in [0, 0.05) is 39.3 Å². The number of piperazine rings is 1. The van der Waals surface area contributed by atoms with Gasteiger partial charge in [0.15, 0.2) is 5.82 Å². The molecule has 1 aromatic rings. The number of piperidine rings is 1. The summed E-state index contributed by atoms with van der Waals surface area (Å²) in [4.78, 5) is 18.9. The molecule has 0 aliphatic carbocycles. The molecule has 3 rings (SSSR count). The first-order chi connectivity index (χ1) is 12.0. The van der Waals surface area contributed by atoms with Gasteiger partial charge in [-0.2, -0.15) is 0 Å². The zero-order valence-corrected chi connectivity index (χ0v) is 15.4. The molecule has 2 heterocycles. The average molecular weight is 369 g/mol. The Hall–Kier alpha value is -1.37. The van der Waals surface area contributed by atoms with Gasteiger partial charge in [-0.25, -0.2) is 9.18 Å². The summed E-state index contributed by atoms with van der Waals surface area (Å²) < 4.78 is 13.9. The molecule has 138 valence electrons. The van der Waals surface area contributed by atoms with Gasteiger partial charge >= 0.3 is 6.03 Å². The number of halogens is 2. The molecule has 0 aromatic heterocycles. The number of nitrogens with one attached hydrogen (secondary N) is 1. The molecular formula is C18H26ClFN4O. The quantitative estimate of drug-likeness (QED) is 0.891. The van der Waals surface area contributed by atoms with Crippen molar-refractivity contribution in [2.45, 2.75) is 12.8 Å². The molecule has 2 saturated heterocycles. The lowest BCUT2D eigenvalue weighted by atomic mass is 9.97. The van der Waals surface area contributed by atoms with E-state index in [0.717, 1.165) is 32.1 Å². The normalized spacial score (nSPS) is 22.8. The molecule has 25 heavy (non-hydrogen) atoms. The maximum atomic E-state index is 13.9. The van der Waals surface area contributed by atoms with Crippen molar-refractivity contribution in [2.75, 3.05) is 58.2 Å². The van der Waals surface area contributed by atoms with E-state index in [4.69, 9.17) is 11.6 Å². The number of benzene rings is 1. The summed E-state index contributed by atoms with van der Waals surface area (Å²) in [6.45, 7) is 6.52. The minimum absolute atomic E-state index is 0.0140. The highest BCUT2D eigenvalue weighted by Crippen LogP contribution is 2.22. The highest BCUT2D eigenvalue weighted by Gasteiger charge is 2.25. The fourth-order valence-electron chi connectivity index (χ4n) is 3.72. The fraction of sp³-hybridized carbons (Fsp3) is 0.611. The van der Waals surface area contributed by atoms with Gasteiger partial charge in [0.05, 0.1) is 10.7 Å². The number of rotatable bonds is 3. The maximum Gasteiger partial charge on any atom is 0.322 e. The Balaban J connectivity index is 1.47. The number of likely N-dealkylation sites (tertiary alicyclic amines) is 1. The number of amides is 2. The summed E-state index contributed by atoms with van der Waals surface area (Å²) in [7, 11) is 2.18. The van der Waals surface area contributed by atoms with Crippen molar-refractivity contribution in [3.05, 3.63) is 29.0 Å². The molecule has 2 aliphatic heterocycles. The van der Waals surface area contributed by atoms with Crippen molar-refractivity contribution in [1.29, 1.82) is 0 Å². The summed E-state index contributed by atoms with van der Waals surface area (Å²) >= 11 is 5.76. The van der Waals surface area contributed by atoms with Crippen LogP contribution in [0.25, 0.3) is 0 Å². The van der Waals surface area contributed by atoms with Crippen LogP contribution in [0.5, 0.6) is 0 Å². The van der Waals surface area contributed by atoms with Gasteiger partial charge in [-0.3, -0.25) is 4.90 Å². The number of carbonyl (C=O) groups is 1. The summed E-state index contributed by atoms with van der Waals surface area (Å²) in [5.41, 5.74) is 0.130. The van der Waals surface area contributed by atoms with Gasteiger partial charge in [0.2, 0.25) is 0 Å². The lowest BCUT2D eigenvalue weighted by molar-refractivity contribution is 0.109. The molecule has 1 unspecified atom stereocenters. The lowest BCUT2D eigenvalue weighted by Gasteiger charge is -2.38. The second kappa shape index (κ2) is 8.34. The molecule has 2 aliphatic rings. The van der Waals surface area contributed by atoms with E-state index in [1.165, 1.54) is 31.5 Å². The number of carbonyl (C=O) groups excluding carboxylic acids is 1. The third kappa shape index (κ3) is 4.84. The fourth-order valence-corrected chi connectivity index (χ4v) is 3.89. The van der Waals surface area contributed by atoms with E-state index in [1.54, 1.807) is 11.0 Å². The van der Waals surface area contributed by atoms with Crippen LogP contribution in [0.1, 0.15) is 12.8 Å². The SMILES string of the molecule is CN1CCCC(CN2CCN(C(=O)Nc3cccc(Cl)c3F)CC2)C1. The van der Waals surface area contributed by atoms with Crippen molar-refractivity contribution in [3.63, 3.8) is 0 Å². The Morgan fingerprint density at radius 1 is 1.28 bits per heavy atom. The van der Waals surface area contributed by atoms with Gasteiger partial charge in [-0.05, 0) is 44.5 Å².